The number of rotatable bonds is 3. The van der Waals surface area contributed by atoms with Gasteiger partial charge in [-0.3, -0.25) is 0 Å². The second-order valence-electron chi connectivity index (χ2n) is 5.66. The molecule has 0 spiro atoms. The lowest BCUT2D eigenvalue weighted by Gasteiger charge is -2.33. The molecule has 1 saturated carbocycles. The lowest BCUT2D eigenvalue weighted by atomic mass is 9.85. The van der Waals surface area contributed by atoms with Crippen LogP contribution in [-0.4, -0.2) is 12.2 Å². The summed E-state index contributed by atoms with van der Waals surface area (Å²) in [5, 5.41) is 3.24. The Morgan fingerprint density at radius 3 is 2.62 bits per heavy atom. The van der Waals surface area contributed by atoms with Gasteiger partial charge in [-0.15, -0.1) is 0 Å². The third kappa shape index (κ3) is 4.42. The summed E-state index contributed by atoms with van der Waals surface area (Å²) < 4.78 is 52.0. The molecule has 1 aromatic carbocycles. The van der Waals surface area contributed by atoms with Crippen molar-refractivity contribution in [1.82, 2.24) is 5.32 Å². The minimum Gasteiger partial charge on any atom is -0.307 e. The van der Waals surface area contributed by atoms with Crippen LogP contribution >= 0.6 is 15.9 Å². The Morgan fingerprint density at radius 1 is 1.29 bits per heavy atom. The molecule has 0 bridgehead atoms. The third-order valence-corrected chi connectivity index (χ3v) is 4.67. The molecular formula is C15H18BrF4N. The summed E-state index contributed by atoms with van der Waals surface area (Å²) in [6.45, 7) is 1.89. The van der Waals surface area contributed by atoms with Crippen LogP contribution in [0.4, 0.5) is 17.6 Å². The molecule has 1 aromatic rings. The van der Waals surface area contributed by atoms with Crippen molar-refractivity contribution in [3.63, 3.8) is 0 Å². The van der Waals surface area contributed by atoms with Gasteiger partial charge in [0.1, 0.15) is 5.82 Å². The summed E-state index contributed by atoms with van der Waals surface area (Å²) in [7, 11) is 0. The molecule has 0 aliphatic heterocycles. The fourth-order valence-electron chi connectivity index (χ4n) is 2.87. The van der Waals surface area contributed by atoms with E-state index in [4.69, 9.17) is 0 Å². The summed E-state index contributed by atoms with van der Waals surface area (Å²) in [5.41, 5.74) is 0.859. The van der Waals surface area contributed by atoms with Crippen LogP contribution in [0.15, 0.2) is 22.7 Å². The van der Waals surface area contributed by atoms with Gasteiger partial charge in [0.15, 0.2) is 0 Å². The van der Waals surface area contributed by atoms with Crippen LogP contribution in [0.2, 0.25) is 0 Å². The molecule has 0 aromatic heterocycles. The Kier molecular flexibility index (Phi) is 5.30. The zero-order chi connectivity index (χ0) is 15.6. The maximum atomic E-state index is 13.2. The van der Waals surface area contributed by atoms with Crippen LogP contribution in [-0.2, 0) is 0 Å². The highest BCUT2D eigenvalue weighted by molar-refractivity contribution is 9.10. The normalized spacial score (nSPS) is 24.9. The van der Waals surface area contributed by atoms with Crippen molar-refractivity contribution in [2.45, 2.75) is 50.9 Å². The number of hydrogen-bond donors (Lipinski definition) is 1. The molecule has 3 unspecified atom stereocenters. The SMILES string of the molecule is CC(NC1CCCC(C(F)(F)F)C1)c1ccc(F)c(Br)c1. The first-order valence-electron chi connectivity index (χ1n) is 7.05. The number of halogens is 5. The molecular weight excluding hydrogens is 350 g/mol. The Bertz CT molecular complexity index is 489. The summed E-state index contributed by atoms with van der Waals surface area (Å²) in [6.07, 6.45) is -2.43. The van der Waals surface area contributed by atoms with Crippen molar-refractivity contribution in [3.8, 4) is 0 Å². The van der Waals surface area contributed by atoms with Gasteiger partial charge in [-0.1, -0.05) is 12.5 Å². The Balaban J connectivity index is 1.98. The molecule has 118 valence electrons. The first kappa shape index (κ1) is 16.7. The van der Waals surface area contributed by atoms with Gasteiger partial charge < -0.3 is 5.32 Å². The highest BCUT2D eigenvalue weighted by atomic mass is 79.9. The average Bonchev–Trinajstić information content (AvgIpc) is 2.41. The van der Waals surface area contributed by atoms with Crippen LogP contribution in [0.3, 0.4) is 0 Å². The number of alkyl halides is 3. The van der Waals surface area contributed by atoms with E-state index in [-0.39, 0.29) is 30.7 Å². The molecule has 6 heteroatoms. The smallest absolute Gasteiger partial charge is 0.307 e. The van der Waals surface area contributed by atoms with E-state index < -0.39 is 12.1 Å². The van der Waals surface area contributed by atoms with Crippen molar-refractivity contribution in [1.29, 1.82) is 0 Å². The molecule has 0 heterocycles. The molecule has 1 nitrogen and oxygen atoms in total. The first-order chi connectivity index (χ1) is 9.77. The zero-order valence-electron chi connectivity index (χ0n) is 11.7. The second-order valence-corrected chi connectivity index (χ2v) is 6.52. The van der Waals surface area contributed by atoms with Gasteiger partial charge in [0.25, 0.3) is 0 Å². The van der Waals surface area contributed by atoms with Crippen LogP contribution in [0.25, 0.3) is 0 Å². The van der Waals surface area contributed by atoms with E-state index in [0.29, 0.717) is 10.9 Å². The second kappa shape index (κ2) is 6.65. The molecule has 0 radical (unpaired) electrons. The highest BCUT2D eigenvalue weighted by Gasteiger charge is 2.42. The Labute approximate surface area is 130 Å². The zero-order valence-corrected chi connectivity index (χ0v) is 13.3. The van der Waals surface area contributed by atoms with Crippen molar-refractivity contribution in [2.75, 3.05) is 0 Å². The van der Waals surface area contributed by atoms with E-state index in [1.165, 1.54) is 6.07 Å². The maximum Gasteiger partial charge on any atom is 0.391 e. The van der Waals surface area contributed by atoms with Crippen LogP contribution < -0.4 is 5.32 Å². The van der Waals surface area contributed by atoms with Gasteiger partial charge in [-0.2, -0.15) is 13.2 Å². The summed E-state index contributed by atoms with van der Waals surface area (Å²) in [6, 6.07) is 4.42. The average molecular weight is 368 g/mol. The van der Waals surface area contributed by atoms with Gasteiger partial charge in [0.05, 0.1) is 10.4 Å². The van der Waals surface area contributed by atoms with Crippen LogP contribution in [0, 0.1) is 11.7 Å². The molecule has 2 rings (SSSR count). The molecule has 21 heavy (non-hydrogen) atoms. The minimum atomic E-state index is -4.11. The van der Waals surface area contributed by atoms with Crippen LogP contribution in [0.5, 0.6) is 0 Å². The maximum absolute atomic E-state index is 13.2. The largest absolute Gasteiger partial charge is 0.391 e. The Hall–Kier alpha value is -0.620. The van der Waals surface area contributed by atoms with Gasteiger partial charge in [0.2, 0.25) is 0 Å². The number of benzene rings is 1. The summed E-state index contributed by atoms with van der Waals surface area (Å²) >= 11 is 3.12. The lowest BCUT2D eigenvalue weighted by Crippen LogP contribution is -2.39. The van der Waals surface area contributed by atoms with Crippen LogP contribution in [0.1, 0.15) is 44.2 Å². The van der Waals surface area contributed by atoms with E-state index in [1.54, 1.807) is 12.1 Å². The van der Waals surface area contributed by atoms with E-state index in [2.05, 4.69) is 21.2 Å². The number of hydrogen-bond acceptors (Lipinski definition) is 1. The molecule has 1 aliphatic rings. The fraction of sp³-hybridized carbons (Fsp3) is 0.600. The van der Waals surface area contributed by atoms with Crippen molar-refractivity contribution in [2.24, 2.45) is 5.92 Å². The number of nitrogens with one attached hydrogen (secondary N) is 1. The van der Waals surface area contributed by atoms with Crippen molar-refractivity contribution in [3.05, 3.63) is 34.1 Å². The van der Waals surface area contributed by atoms with E-state index in [1.807, 2.05) is 6.92 Å². The third-order valence-electron chi connectivity index (χ3n) is 4.07. The van der Waals surface area contributed by atoms with Crippen molar-refractivity contribution >= 4 is 15.9 Å². The molecule has 3 atom stereocenters. The topological polar surface area (TPSA) is 12.0 Å². The minimum absolute atomic E-state index is 0.112. The van der Waals surface area contributed by atoms with E-state index >= 15 is 0 Å². The quantitative estimate of drug-likeness (QED) is 0.709. The Morgan fingerprint density at radius 2 is 2.00 bits per heavy atom. The lowest BCUT2D eigenvalue weighted by molar-refractivity contribution is -0.183. The van der Waals surface area contributed by atoms with Gasteiger partial charge in [-0.25, -0.2) is 4.39 Å². The van der Waals surface area contributed by atoms with Crippen molar-refractivity contribution < 1.29 is 17.6 Å². The summed E-state index contributed by atoms with van der Waals surface area (Å²) in [4.78, 5) is 0. The van der Waals surface area contributed by atoms with E-state index in [9.17, 15) is 17.6 Å². The summed E-state index contributed by atoms with van der Waals surface area (Å²) in [5.74, 6) is -1.56. The predicted octanol–water partition coefficient (Wildman–Crippen LogP) is 5.36. The monoisotopic (exact) mass is 367 g/mol. The standard InChI is InChI=1S/C15H18BrF4N/c1-9(10-5-6-14(17)13(16)7-10)21-12-4-2-3-11(8-12)15(18,19)20/h5-7,9,11-12,21H,2-4,8H2,1H3. The molecule has 0 saturated heterocycles. The molecule has 1 fully saturated rings. The molecule has 1 N–H and O–H groups in total. The highest BCUT2D eigenvalue weighted by Crippen LogP contribution is 2.38. The molecule has 1 aliphatic carbocycles. The fourth-order valence-corrected chi connectivity index (χ4v) is 3.27. The van der Waals surface area contributed by atoms with Gasteiger partial charge in [-0.05, 0) is 59.8 Å². The van der Waals surface area contributed by atoms with Gasteiger partial charge >= 0.3 is 6.18 Å². The molecule has 0 amide bonds. The first-order valence-corrected chi connectivity index (χ1v) is 7.84. The van der Waals surface area contributed by atoms with E-state index in [0.717, 1.165) is 12.0 Å². The van der Waals surface area contributed by atoms with Gasteiger partial charge in [0, 0.05) is 12.1 Å². The predicted molar refractivity (Wildman–Crippen MR) is 77.5 cm³/mol.